The molecular weight excluding hydrogens is 535 g/mol. The van der Waals surface area contributed by atoms with Crippen LogP contribution in [0.4, 0.5) is 15.8 Å². The molecule has 202 valence electrons. The van der Waals surface area contributed by atoms with Crippen LogP contribution in [0.15, 0.2) is 95.9 Å². The number of fused-ring (bicyclic) bond motifs is 1. The van der Waals surface area contributed by atoms with E-state index in [0.717, 1.165) is 24.9 Å². The SMILES string of the molecule is CCCC[C@@H]1CN(c2ccccc2)c2cc(Oc3ccc(Cl)cc3)c(-c3ccc(F)cc3)cc2S(=O)(=O)N1C. The van der Waals surface area contributed by atoms with E-state index in [9.17, 15) is 12.8 Å². The van der Waals surface area contributed by atoms with Crippen molar-refractivity contribution in [2.75, 3.05) is 18.5 Å². The Labute approximate surface area is 234 Å². The third-order valence-electron chi connectivity index (χ3n) is 7.07. The zero-order valence-corrected chi connectivity index (χ0v) is 23.4. The van der Waals surface area contributed by atoms with E-state index in [-0.39, 0.29) is 16.8 Å². The van der Waals surface area contributed by atoms with Gasteiger partial charge in [-0.3, -0.25) is 0 Å². The molecule has 0 saturated heterocycles. The number of sulfonamides is 1. The van der Waals surface area contributed by atoms with Gasteiger partial charge in [0.05, 0.1) is 5.69 Å². The Bertz CT molecular complexity index is 1550. The molecule has 0 N–H and O–H groups in total. The maximum atomic E-state index is 14.1. The van der Waals surface area contributed by atoms with Gasteiger partial charge in [-0.05, 0) is 66.6 Å². The number of benzene rings is 4. The Balaban J connectivity index is 1.75. The first kappa shape index (κ1) is 27.2. The topological polar surface area (TPSA) is 49.9 Å². The van der Waals surface area contributed by atoms with Crippen molar-refractivity contribution in [1.82, 2.24) is 4.31 Å². The first-order chi connectivity index (χ1) is 18.8. The fourth-order valence-corrected chi connectivity index (χ4v) is 6.58. The van der Waals surface area contributed by atoms with Crippen molar-refractivity contribution in [2.24, 2.45) is 0 Å². The lowest BCUT2D eigenvalue weighted by atomic mass is 10.0. The van der Waals surface area contributed by atoms with Crippen LogP contribution >= 0.6 is 11.6 Å². The number of likely N-dealkylation sites (N-methyl/N-ethyl adjacent to an activating group) is 1. The van der Waals surface area contributed by atoms with Crippen molar-refractivity contribution in [3.63, 3.8) is 0 Å². The molecule has 5 rings (SSSR count). The number of unbranched alkanes of at least 4 members (excludes halogenated alkanes) is 1. The number of ether oxygens (including phenoxy) is 1. The predicted octanol–water partition coefficient (Wildman–Crippen LogP) is 8.27. The van der Waals surface area contributed by atoms with Crippen molar-refractivity contribution in [1.29, 1.82) is 0 Å². The van der Waals surface area contributed by atoms with Gasteiger partial charge in [-0.2, -0.15) is 4.31 Å². The van der Waals surface area contributed by atoms with Gasteiger partial charge >= 0.3 is 0 Å². The molecule has 0 spiro atoms. The highest BCUT2D eigenvalue weighted by Gasteiger charge is 2.37. The highest BCUT2D eigenvalue weighted by Crippen LogP contribution is 2.45. The highest BCUT2D eigenvalue weighted by molar-refractivity contribution is 7.89. The summed E-state index contributed by atoms with van der Waals surface area (Å²) in [5.41, 5.74) is 2.60. The van der Waals surface area contributed by atoms with Crippen molar-refractivity contribution in [3.8, 4) is 22.6 Å². The van der Waals surface area contributed by atoms with E-state index >= 15 is 0 Å². The minimum Gasteiger partial charge on any atom is -0.457 e. The monoisotopic (exact) mass is 564 g/mol. The number of hydrogen-bond acceptors (Lipinski definition) is 4. The van der Waals surface area contributed by atoms with E-state index in [2.05, 4.69) is 11.8 Å². The molecule has 0 amide bonds. The van der Waals surface area contributed by atoms with Gasteiger partial charge in [0.1, 0.15) is 22.2 Å². The summed E-state index contributed by atoms with van der Waals surface area (Å²) in [6.45, 7) is 2.59. The smallest absolute Gasteiger partial charge is 0.245 e. The van der Waals surface area contributed by atoms with E-state index in [1.54, 1.807) is 55.6 Å². The molecule has 0 aromatic heterocycles. The zero-order chi connectivity index (χ0) is 27.6. The number of halogens is 2. The zero-order valence-electron chi connectivity index (χ0n) is 21.8. The molecule has 5 nitrogen and oxygen atoms in total. The molecule has 0 aliphatic carbocycles. The molecule has 1 atom stereocenters. The van der Waals surface area contributed by atoms with E-state index in [1.165, 1.54) is 16.4 Å². The molecule has 1 heterocycles. The largest absolute Gasteiger partial charge is 0.457 e. The summed E-state index contributed by atoms with van der Waals surface area (Å²) in [6.07, 6.45) is 2.62. The first-order valence-corrected chi connectivity index (χ1v) is 14.8. The first-order valence-electron chi connectivity index (χ1n) is 13.0. The number of para-hydroxylation sites is 1. The molecular formula is C31H30ClFN2O3S. The average molecular weight is 565 g/mol. The van der Waals surface area contributed by atoms with E-state index in [0.29, 0.717) is 39.9 Å². The molecule has 1 aliphatic heterocycles. The summed E-state index contributed by atoms with van der Waals surface area (Å²) in [7, 11) is -2.21. The molecule has 4 aromatic rings. The lowest BCUT2D eigenvalue weighted by Crippen LogP contribution is -2.40. The van der Waals surface area contributed by atoms with Gasteiger partial charge in [0.15, 0.2) is 0 Å². The molecule has 0 radical (unpaired) electrons. The van der Waals surface area contributed by atoms with Crippen molar-refractivity contribution < 1.29 is 17.5 Å². The fraction of sp³-hybridized carbons (Fsp3) is 0.226. The van der Waals surface area contributed by atoms with E-state index < -0.39 is 10.0 Å². The van der Waals surface area contributed by atoms with Crippen molar-refractivity contribution in [2.45, 2.75) is 37.1 Å². The van der Waals surface area contributed by atoms with Gasteiger partial charge in [0.2, 0.25) is 10.0 Å². The average Bonchev–Trinajstić information content (AvgIpc) is 3.02. The van der Waals surface area contributed by atoms with Gasteiger partial charge in [0.25, 0.3) is 0 Å². The van der Waals surface area contributed by atoms with Crippen LogP contribution in [-0.4, -0.2) is 32.4 Å². The second-order valence-electron chi connectivity index (χ2n) is 9.64. The third kappa shape index (κ3) is 5.66. The Kier molecular flexibility index (Phi) is 7.93. The van der Waals surface area contributed by atoms with Gasteiger partial charge in [0, 0.05) is 42.0 Å². The van der Waals surface area contributed by atoms with E-state index in [1.807, 2.05) is 30.3 Å². The second kappa shape index (κ2) is 11.4. The standard InChI is InChI=1S/C31H30ClFN2O3S/c1-3-4-8-26-21-35(25-9-6-5-7-10-25)29-20-30(38-27-17-13-23(32)14-18-27)28(22-11-15-24(33)16-12-22)19-31(29)39(36,37)34(26)2/h5-7,9-20,26H,3-4,8,21H2,1-2H3/t26-/m1/s1. The Hall–Kier alpha value is -3.39. The van der Waals surface area contributed by atoms with Crippen LogP contribution in [0.3, 0.4) is 0 Å². The minimum atomic E-state index is -3.87. The van der Waals surface area contributed by atoms with Crippen LogP contribution in [0.25, 0.3) is 11.1 Å². The number of nitrogens with zero attached hydrogens (tertiary/aromatic N) is 2. The summed E-state index contributed by atoms with van der Waals surface area (Å²) < 4.78 is 49.9. The van der Waals surface area contributed by atoms with Crippen LogP contribution in [0.5, 0.6) is 11.5 Å². The molecule has 0 saturated carbocycles. The van der Waals surface area contributed by atoms with Crippen LogP contribution in [-0.2, 0) is 10.0 Å². The molecule has 8 heteroatoms. The Morgan fingerprint density at radius 3 is 2.33 bits per heavy atom. The maximum absolute atomic E-state index is 14.1. The lowest BCUT2D eigenvalue weighted by Gasteiger charge is -2.29. The van der Waals surface area contributed by atoms with Crippen LogP contribution in [0.1, 0.15) is 26.2 Å². The van der Waals surface area contributed by atoms with Crippen LogP contribution in [0.2, 0.25) is 5.02 Å². The predicted molar refractivity (Wildman–Crippen MR) is 155 cm³/mol. The summed E-state index contributed by atoms with van der Waals surface area (Å²) in [6, 6.07) is 25.9. The molecule has 0 unspecified atom stereocenters. The third-order valence-corrected chi connectivity index (χ3v) is 9.26. The molecule has 1 aliphatic rings. The van der Waals surface area contributed by atoms with Gasteiger partial charge in [-0.15, -0.1) is 0 Å². The molecule has 39 heavy (non-hydrogen) atoms. The fourth-order valence-electron chi connectivity index (χ4n) is 4.88. The number of hydrogen-bond donors (Lipinski definition) is 0. The normalized spacial score (nSPS) is 16.9. The number of anilines is 2. The van der Waals surface area contributed by atoms with E-state index in [4.69, 9.17) is 16.3 Å². The summed E-state index contributed by atoms with van der Waals surface area (Å²) >= 11 is 6.08. The van der Waals surface area contributed by atoms with Crippen LogP contribution in [0, 0.1) is 5.82 Å². The van der Waals surface area contributed by atoms with Gasteiger partial charge in [-0.25, -0.2) is 12.8 Å². The maximum Gasteiger partial charge on any atom is 0.245 e. The van der Waals surface area contributed by atoms with Crippen LogP contribution < -0.4 is 9.64 Å². The lowest BCUT2D eigenvalue weighted by molar-refractivity contribution is 0.351. The molecule has 4 aromatic carbocycles. The Morgan fingerprint density at radius 1 is 0.974 bits per heavy atom. The quantitative estimate of drug-likeness (QED) is 0.227. The molecule has 0 bridgehead atoms. The van der Waals surface area contributed by atoms with Gasteiger partial charge < -0.3 is 9.64 Å². The highest BCUT2D eigenvalue weighted by atomic mass is 35.5. The summed E-state index contributed by atoms with van der Waals surface area (Å²) in [4.78, 5) is 2.23. The summed E-state index contributed by atoms with van der Waals surface area (Å²) in [5, 5.41) is 0.575. The summed E-state index contributed by atoms with van der Waals surface area (Å²) in [5.74, 6) is 0.618. The second-order valence-corrected chi connectivity index (χ2v) is 12.0. The van der Waals surface area contributed by atoms with Crippen molar-refractivity contribution in [3.05, 3.63) is 102 Å². The molecule has 0 fully saturated rings. The van der Waals surface area contributed by atoms with Crippen molar-refractivity contribution >= 4 is 33.0 Å². The minimum absolute atomic E-state index is 0.177. The van der Waals surface area contributed by atoms with Gasteiger partial charge in [-0.1, -0.05) is 61.7 Å². The number of rotatable bonds is 7. The Morgan fingerprint density at radius 2 is 1.67 bits per heavy atom.